The molecule has 0 aromatic heterocycles. The standard InChI is InChI=1S/C32H21F/c33-30-18-16-23(17-19-30)27-13-15-28-20-26(12-14-29(28)21-27)22-8-10-25(11-9-22)32-7-3-5-24-4-1-2-6-31(24)32/h1-21H. The predicted octanol–water partition coefficient (Wildman–Crippen LogP) is 9.13. The van der Waals surface area contributed by atoms with Gasteiger partial charge in [-0.1, -0.05) is 103 Å². The molecule has 0 fully saturated rings. The number of halogens is 1. The molecule has 0 unspecified atom stereocenters. The Hall–Kier alpha value is -4.23. The van der Waals surface area contributed by atoms with E-state index >= 15 is 0 Å². The third kappa shape index (κ3) is 3.68. The zero-order chi connectivity index (χ0) is 22.2. The van der Waals surface area contributed by atoms with E-state index in [9.17, 15) is 4.39 Å². The number of benzene rings is 6. The molecule has 0 amide bonds. The Bertz CT molecular complexity index is 1590. The van der Waals surface area contributed by atoms with Crippen molar-refractivity contribution >= 4 is 21.5 Å². The molecule has 0 N–H and O–H groups in total. The maximum Gasteiger partial charge on any atom is 0.123 e. The van der Waals surface area contributed by atoms with E-state index in [1.807, 2.05) is 12.1 Å². The molecule has 0 spiro atoms. The molecule has 0 bridgehead atoms. The monoisotopic (exact) mass is 424 g/mol. The molecule has 0 heterocycles. The molecule has 0 radical (unpaired) electrons. The smallest absolute Gasteiger partial charge is 0.123 e. The van der Waals surface area contributed by atoms with E-state index in [0.29, 0.717) is 0 Å². The van der Waals surface area contributed by atoms with Crippen molar-refractivity contribution < 1.29 is 4.39 Å². The van der Waals surface area contributed by atoms with E-state index in [0.717, 1.165) is 11.1 Å². The van der Waals surface area contributed by atoms with Crippen LogP contribution in [0, 0.1) is 5.82 Å². The molecular weight excluding hydrogens is 403 g/mol. The molecule has 6 aromatic carbocycles. The van der Waals surface area contributed by atoms with Gasteiger partial charge in [0.05, 0.1) is 0 Å². The van der Waals surface area contributed by atoms with Crippen molar-refractivity contribution in [2.75, 3.05) is 0 Å². The second-order valence-electron chi connectivity index (χ2n) is 8.39. The summed E-state index contributed by atoms with van der Waals surface area (Å²) in [6.07, 6.45) is 0. The highest BCUT2D eigenvalue weighted by Gasteiger charge is 2.06. The minimum atomic E-state index is -0.212. The van der Waals surface area contributed by atoms with Crippen LogP contribution in [-0.4, -0.2) is 0 Å². The minimum Gasteiger partial charge on any atom is -0.207 e. The maximum atomic E-state index is 13.3. The maximum absolute atomic E-state index is 13.3. The molecule has 33 heavy (non-hydrogen) atoms. The molecule has 6 rings (SSSR count). The van der Waals surface area contributed by atoms with Gasteiger partial charge in [0.1, 0.15) is 5.82 Å². The van der Waals surface area contributed by atoms with Crippen molar-refractivity contribution in [1.82, 2.24) is 0 Å². The van der Waals surface area contributed by atoms with Crippen LogP contribution in [0.2, 0.25) is 0 Å². The number of hydrogen-bond acceptors (Lipinski definition) is 0. The van der Waals surface area contributed by atoms with Crippen molar-refractivity contribution in [3.05, 3.63) is 133 Å². The van der Waals surface area contributed by atoms with Gasteiger partial charge in [-0.25, -0.2) is 4.39 Å². The van der Waals surface area contributed by atoms with Crippen molar-refractivity contribution in [2.24, 2.45) is 0 Å². The first-order valence-electron chi connectivity index (χ1n) is 11.1. The normalized spacial score (nSPS) is 11.2. The summed E-state index contributed by atoms with van der Waals surface area (Å²) < 4.78 is 13.3. The van der Waals surface area contributed by atoms with E-state index in [1.165, 1.54) is 55.9 Å². The first-order valence-corrected chi connectivity index (χ1v) is 11.1. The van der Waals surface area contributed by atoms with E-state index in [2.05, 4.69) is 103 Å². The summed E-state index contributed by atoms with van der Waals surface area (Å²) in [5, 5.41) is 4.90. The van der Waals surface area contributed by atoms with Gasteiger partial charge in [0.25, 0.3) is 0 Å². The summed E-state index contributed by atoms with van der Waals surface area (Å²) >= 11 is 0. The molecular formula is C32H21F. The van der Waals surface area contributed by atoms with Gasteiger partial charge >= 0.3 is 0 Å². The quantitative estimate of drug-likeness (QED) is 0.266. The third-order valence-electron chi connectivity index (χ3n) is 6.34. The Morgan fingerprint density at radius 3 is 1.55 bits per heavy atom. The lowest BCUT2D eigenvalue weighted by Gasteiger charge is -2.10. The summed E-state index contributed by atoms with van der Waals surface area (Å²) in [7, 11) is 0. The second kappa shape index (κ2) is 8.03. The summed E-state index contributed by atoms with van der Waals surface area (Å²) in [6, 6.07) is 43.4. The van der Waals surface area contributed by atoms with Crippen LogP contribution in [0.15, 0.2) is 127 Å². The van der Waals surface area contributed by atoms with Crippen LogP contribution in [0.5, 0.6) is 0 Å². The predicted molar refractivity (Wildman–Crippen MR) is 138 cm³/mol. The topological polar surface area (TPSA) is 0 Å². The second-order valence-corrected chi connectivity index (χ2v) is 8.39. The fourth-order valence-corrected chi connectivity index (χ4v) is 4.57. The van der Waals surface area contributed by atoms with Crippen LogP contribution >= 0.6 is 0 Å². The van der Waals surface area contributed by atoms with Crippen LogP contribution < -0.4 is 0 Å². The lowest BCUT2D eigenvalue weighted by Crippen LogP contribution is -1.84. The Balaban J connectivity index is 1.33. The minimum absolute atomic E-state index is 0.212. The van der Waals surface area contributed by atoms with Gasteiger partial charge in [-0.05, 0) is 79.2 Å². The summed E-state index contributed by atoms with van der Waals surface area (Å²) in [5.41, 5.74) is 6.98. The van der Waals surface area contributed by atoms with Gasteiger partial charge in [0.2, 0.25) is 0 Å². The Labute approximate surface area is 192 Å². The molecule has 6 aromatic rings. The van der Waals surface area contributed by atoms with Crippen molar-refractivity contribution in [1.29, 1.82) is 0 Å². The molecule has 0 nitrogen and oxygen atoms in total. The molecule has 0 saturated carbocycles. The highest BCUT2D eigenvalue weighted by Crippen LogP contribution is 2.32. The first kappa shape index (κ1) is 19.5. The fourth-order valence-electron chi connectivity index (χ4n) is 4.57. The zero-order valence-electron chi connectivity index (χ0n) is 18.0. The van der Waals surface area contributed by atoms with E-state index < -0.39 is 0 Å². The van der Waals surface area contributed by atoms with Crippen molar-refractivity contribution in [3.8, 4) is 33.4 Å². The van der Waals surface area contributed by atoms with Gasteiger partial charge in [-0.2, -0.15) is 0 Å². The first-order chi connectivity index (χ1) is 16.2. The Morgan fingerprint density at radius 2 is 0.879 bits per heavy atom. The Morgan fingerprint density at radius 1 is 0.364 bits per heavy atom. The molecule has 0 aliphatic heterocycles. The molecule has 156 valence electrons. The van der Waals surface area contributed by atoms with Gasteiger partial charge < -0.3 is 0 Å². The number of rotatable bonds is 3. The number of hydrogen-bond donors (Lipinski definition) is 0. The van der Waals surface area contributed by atoms with Crippen LogP contribution in [-0.2, 0) is 0 Å². The average Bonchev–Trinajstić information content (AvgIpc) is 2.88. The highest BCUT2D eigenvalue weighted by atomic mass is 19.1. The van der Waals surface area contributed by atoms with Crippen molar-refractivity contribution in [3.63, 3.8) is 0 Å². The molecule has 0 atom stereocenters. The summed E-state index contributed by atoms with van der Waals surface area (Å²) in [6.45, 7) is 0. The van der Waals surface area contributed by atoms with E-state index in [1.54, 1.807) is 0 Å². The van der Waals surface area contributed by atoms with Crippen LogP contribution in [0.3, 0.4) is 0 Å². The molecule has 0 aliphatic carbocycles. The molecule has 0 saturated heterocycles. The van der Waals surface area contributed by atoms with Gasteiger partial charge in [0, 0.05) is 0 Å². The van der Waals surface area contributed by atoms with Gasteiger partial charge in [0.15, 0.2) is 0 Å². The fraction of sp³-hybridized carbons (Fsp3) is 0. The summed E-state index contributed by atoms with van der Waals surface area (Å²) in [4.78, 5) is 0. The van der Waals surface area contributed by atoms with Gasteiger partial charge in [-0.15, -0.1) is 0 Å². The lowest BCUT2D eigenvalue weighted by molar-refractivity contribution is 0.628. The average molecular weight is 425 g/mol. The third-order valence-corrected chi connectivity index (χ3v) is 6.34. The number of fused-ring (bicyclic) bond motifs is 2. The highest BCUT2D eigenvalue weighted by molar-refractivity contribution is 5.97. The largest absolute Gasteiger partial charge is 0.207 e. The van der Waals surface area contributed by atoms with E-state index in [-0.39, 0.29) is 5.82 Å². The molecule has 1 heteroatoms. The summed E-state index contributed by atoms with van der Waals surface area (Å²) in [5.74, 6) is -0.212. The van der Waals surface area contributed by atoms with E-state index in [4.69, 9.17) is 0 Å². The van der Waals surface area contributed by atoms with Crippen LogP contribution in [0.1, 0.15) is 0 Å². The van der Waals surface area contributed by atoms with Gasteiger partial charge in [-0.3, -0.25) is 0 Å². The van der Waals surface area contributed by atoms with Crippen LogP contribution in [0.4, 0.5) is 4.39 Å². The van der Waals surface area contributed by atoms with Crippen molar-refractivity contribution in [2.45, 2.75) is 0 Å². The zero-order valence-corrected chi connectivity index (χ0v) is 18.0. The lowest BCUT2D eigenvalue weighted by atomic mass is 9.95. The molecule has 0 aliphatic rings. The SMILES string of the molecule is Fc1ccc(-c2ccc3cc(-c4ccc(-c5cccc6ccccc56)cc4)ccc3c2)cc1. The Kier molecular flexibility index (Phi) is 4.74. The van der Waals surface area contributed by atoms with Crippen LogP contribution in [0.25, 0.3) is 54.9 Å².